The van der Waals surface area contributed by atoms with E-state index in [1.54, 1.807) is 24.3 Å². The van der Waals surface area contributed by atoms with Gasteiger partial charge in [-0.05, 0) is 25.0 Å². The molecule has 0 aromatic heterocycles. The molecule has 0 aliphatic heterocycles. The summed E-state index contributed by atoms with van der Waals surface area (Å²) in [5.74, 6) is 0.00648. The minimum Gasteiger partial charge on any atom is -0.396 e. The van der Waals surface area contributed by atoms with Gasteiger partial charge in [-0.3, -0.25) is 0 Å². The molecule has 0 aliphatic carbocycles. The van der Waals surface area contributed by atoms with Crippen molar-refractivity contribution in [1.82, 2.24) is 5.32 Å². The van der Waals surface area contributed by atoms with Gasteiger partial charge in [0.25, 0.3) is 0 Å². The fraction of sp³-hybridized carbons (Fsp3) is 0.417. The van der Waals surface area contributed by atoms with E-state index in [0.717, 1.165) is 0 Å². The van der Waals surface area contributed by atoms with E-state index in [1.807, 2.05) is 13.8 Å². The Labute approximate surface area is 106 Å². The third kappa shape index (κ3) is 4.24. The van der Waals surface area contributed by atoms with E-state index < -0.39 is 0 Å². The summed E-state index contributed by atoms with van der Waals surface area (Å²) in [6.45, 7) is 3.74. The first-order valence-electron chi connectivity index (χ1n) is 5.47. The molecule has 17 heavy (non-hydrogen) atoms. The second kappa shape index (κ2) is 6.47. The number of rotatable bonds is 4. The Morgan fingerprint density at radius 1 is 1.41 bits per heavy atom. The van der Waals surface area contributed by atoms with Crippen LogP contribution in [0, 0.1) is 5.92 Å². The molecule has 2 unspecified atom stereocenters. The number of carbonyl (C=O) groups excluding carboxylic acids is 1. The minimum absolute atomic E-state index is 0.00648. The number of hydrogen-bond acceptors (Lipinski definition) is 2. The van der Waals surface area contributed by atoms with Crippen LogP contribution in [0.3, 0.4) is 0 Å². The molecule has 1 aromatic rings. The van der Waals surface area contributed by atoms with Crippen molar-refractivity contribution in [1.29, 1.82) is 0 Å². The predicted molar refractivity (Wildman–Crippen MR) is 69.3 cm³/mol. The highest BCUT2D eigenvalue weighted by Crippen LogP contribution is 2.20. The Hall–Kier alpha value is -1.26. The summed E-state index contributed by atoms with van der Waals surface area (Å²) in [5.41, 5.74) is 0.565. The quantitative estimate of drug-likeness (QED) is 0.775. The summed E-state index contributed by atoms with van der Waals surface area (Å²) in [4.78, 5) is 11.6. The number of amides is 2. The molecule has 2 atom stereocenters. The van der Waals surface area contributed by atoms with Crippen molar-refractivity contribution in [2.45, 2.75) is 19.9 Å². The van der Waals surface area contributed by atoms with Crippen LogP contribution in [0.5, 0.6) is 0 Å². The molecule has 0 radical (unpaired) electrons. The molecule has 2 amide bonds. The van der Waals surface area contributed by atoms with Gasteiger partial charge < -0.3 is 15.7 Å². The van der Waals surface area contributed by atoms with Gasteiger partial charge >= 0.3 is 6.03 Å². The fourth-order valence-corrected chi connectivity index (χ4v) is 1.41. The number of carbonyl (C=O) groups is 1. The molecular formula is C12H17ClN2O2. The van der Waals surface area contributed by atoms with E-state index in [-0.39, 0.29) is 24.6 Å². The van der Waals surface area contributed by atoms with Crippen molar-refractivity contribution in [3.63, 3.8) is 0 Å². The highest BCUT2D eigenvalue weighted by molar-refractivity contribution is 6.33. The Kier molecular flexibility index (Phi) is 5.25. The van der Waals surface area contributed by atoms with Crippen molar-refractivity contribution >= 4 is 23.3 Å². The molecule has 0 fully saturated rings. The maximum atomic E-state index is 11.6. The molecule has 4 nitrogen and oxygen atoms in total. The summed E-state index contributed by atoms with van der Waals surface area (Å²) >= 11 is 5.91. The lowest BCUT2D eigenvalue weighted by Crippen LogP contribution is -2.40. The van der Waals surface area contributed by atoms with Crippen LogP contribution in [0.15, 0.2) is 24.3 Å². The fourth-order valence-electron chi connectivity index (χ4n) is 1.23. The number of nitrogens with one attached hydrogen (secondary N) is 2. The molecule has 0 bridgehead atoms. The Bertz CT molecular complexity index is 385. The van der Waals surface area contributed by atoms with Gasteiger partial charge in [0.15, 0.2) is 0 Å². The van der Waals surface area contributed by atoms with Crippen LogP contribution < -0.4 is 10.6 Å². The lowest BCUT2D eigenvalue weighted by molar-refractivity contribution is 0.204. The summed E-state index contributed by atoms with van der Waals surface area (Å²) < 4.78 is 0. The maximum Gasteiger partial charge on any atom is 0.319 e. The average Bonchev–Trinajstić information content (AvgIpc) is 2.31. The lowest BCUT2D eigenvalue weighted by atomic mass is 10.1. The molecule has 0 aliphatic rings. The second-order valence-corrected chi connectivity index (χ2v) is 4.43. The van der Waals surface area contributed by atoms with Crippen molar-refractivity contribution < 1.29 is 9.90 Å². The smallest absolute Gasteiger partial charge is 0.319 e. The van der Waals surface area contributed by atoms with E-state index in [9.17, 15) is 4.79 Å². The van der Waals surface area contributed by atoms with Crippen molar-refractivity contribution in [2.24, 2.45) is 5.92 Å². The van der Waals surface area contributed by atoms with Crippen molar-refractivity contribution in [3.05, 3.63) is 29.3 Å². The molecule has 0 heterocycles. The molecule has 0 saturated heterocycles. The van der Waals surface area contributed by atoms with Crippen LogP contribution in [0.1, 0.15) is 13.8 Å². The molecule has 0 spiro atoms. The predicted octanol–water partition coefficient (Wildman–Crippen LogP) is 2.48. The monoisotopic (exact) mass is 256 g/mol. The highest BCUT2D eigenvalue weighted by Gasteiger charge is 2.14. The van der Waals surface area contributed by atoms with Gasteiger partial charge in [0.05, 0.1) is 10.7 Å². The number of urea groups is 1. The largest absolute Gasteiger partial charge is 0.396 e. The van der Waals surface area contributed by atoms with Gasteiger partial charge in [-0.25, -0.2) is 4.79 Å². The van der Waals surface area contributed by atoms with E-state index in [0.29, 0.717) is 10.7 Å². The topological polar surface area (TPSA) is 61.4 Å². The first-order valence-corrected chi connectivity index (χ1v) is 5.85. The van der Waals surface area contributed by atoms with Crippen LogP contribution in [-0.2, 0) is 0 Å². The number of hydrogen-bond donors (Lipinski definition) is 3. The van der Waals surface area contributed by atoms with Gasteiger partial charge in [0, 0.05) is 12.6 Å². The number of para-hydroxylation sites is 1. The van der Waals surface area contributed by atoms with Gasteiger partial charge in [-0.15, -0.1) is 0 Å². The lowest BCUT2D eigenvalue weighted by Gasteiger charge is -2.19. The molecule has 3 N–H and O–H groups in total. The van der Waals surface area contributed by atoms with Gasteiger partial charge in [-0.2, -0.15) is 0 Å². The van der Waals surface area contributed by atoms with Crippen molar-refractivity contribution in [2.75, 3.05) is 11.9 Å². The van der Waals surface area contributed by atoms with Gasteiger partial charge in [0.2, 0.25) is 0 Å². The Morgan fingerprint density at radius 2 is 2.06 bits per heavy atom. The van der Waals surface area contributed by atoms with Crippen LogP contribution in [-0.4, -0.2) is 23.8 Å². The number of aliphatic hydroxyl groups is 1. The zero-order valence-corrected chi connectivity index (χ0v) is 10.7. The number of aliphatic hydroxyl groups excluding tert-OH is 1. The normalized spacial score (nSPS) is 13.9. The number of anilines is 1. The van der Waals surface area contributed by atoms with Crippen molar-refractivity contribution in [3.8, 4) is 0 Å². The maximum absolute atomic E-state index is 11.6. The number of halogens is 1. The Balaban J connectivity index is 2.53. The highest BCUT2D eigenvalue weighted by atomic mass is 35.5. The SMILES string of the molecule is CC(CO)C(C)NC(=O)Nc1ccccc1Cl. The molecule has 1 rings (SSSR count). The standard InChI is InChI=1S/C12H17ClN2O2/c1-8(7-16)9(2)14-12(17)15-11-6-4-3-5-10(11)13/h3-6,8-9,16H,7H2,1-2H3,(H2,14,15,17). The zero-order chi connectivity index (χ0) is 12.8. The zero-order valence-electron chi connectivity index (χ0n) is 9.90. The average molecular weight is 257 g/mol. The van der Waals surface area contributed by atoms with Gasteiger partial charge in [-0.1, -0.05) is 30.7 Å². The summed E-state index contributed by atoms with van der Waals surface area (Å²) in [7, 11) is 0. The van der Waals surface area contributed by atoms with E-state index >= 15 is 0 Å². The Morgan fingerprint density at radius 3 is 2.65 bits per heavy atom. The van der Waals surface area contributed by atoms with Crippen LogP contribution in [0.25, 0.3) is 0 Å². The van der Waals surface area contributed by atoms with E-state index in [2.05, 4.69) is 10.6 Å². The minimum atomic E-state index is -0.328. The molecule has 94 valence electrons. The van der Waals surface area contributed by atoms with Gasteiger partial charge in [0.1, 0.15) is 0 Å². The summed E-state index contributed by atoms with van der Waals surface area (Å²) in [5, 5.41) is 14.8. The van der Waals surface area contributed by atoms with E-state index in [1.165, 1.54) is 0 Å². The van der Waals surface area contributed by atoms with E-state index in [4.69, 9.17) is 16.7 Å². The summed E-state index contributed by atoms with van der Waals surface area (Å²) in [6.07, 6.45) is 0. The first kappa shape index (κ1) is 13.8. The molecular weight excluding hydrogens is 240 g/mol. The molecule has 1 aromatic carbocycles. The molecule has 0 saturated carbocycles. The van der Waals surface area contributed by atoms with Crippen LogP contribution >= 0.6 is 11.6 Å². The summed E-state index contributed by atoms with van der Waals surface area (Å²) in [6, 6.07) is 6.58. The molecule has 5 heteroatoms. The second-order valence-electron chi connectivity index (χ2n) is 4.03. The van der Waals surface area contributed by atoms with Crippen LogP contribution in [0.4, 0.5) is 10.5 Å². The first-order chi connectivity index (χ1) is 8.04. The van der Waals surface area contributed by atoms with Crippen LogP contribution in [0.2, 0.25) is 5.02 Å². The number of benzene rings is 1. The third-order valence-electron chi connectivity index (χ3n) is 2.62. The third-order valence-corrected chi connectivity index (χ3v) is 2.95.